The Morgan fingerprint density at radius 2 is 1.88 bits per heavy atom. The molecule has 3 nitrogen and oxygen atoms in total. The number of benzene rings is 1. The van der Waals surface area contributed by atoms with Gasteiger partial charge in [0, 0.05) is 27.6 Å². The van der Waals surface area contributed by atoms with E-state index in [9.17, 15) is 5.21 Å². The molecule has 0 atom stereocenters. The second-order valence-corrected chi connectivity index (χ2v) is 5.37. The molecule has 0 aliphatic rings. The molecule has 0 bridgehead atoms. The van der Waals surface area contributed by atoms with Crippen LogP contribution in [-0.2, 0) is 0 Å². The molecule has 1 aromatic carbocycles. The fraction of sp³-hybridized carbons (Fsp3) is 0.357. The molecule has 90 valence electrons. The number of para-hydroxylation sites is 1. The molecule has 0 fully saturated rings. The number of hydrogen-bond acceptors (Lipinski definition) is 2. The second kappa shape index (κ2) is 3.91. The molecule has 0 unspecified atom stereocenters. The molecule has 0 aliphatic heterocycles. The number of nitrogens with one attached hydrogen (secondary N) is 1. The number of H-pyrrole nitrogens is 1. The number of hydrogen-bond donors (Lipinski definition) is 2. The molecule has 0 aliphatic carbocycles. The quantitative estimate of drug-likeness (QED) is 0.438. The fourth-order valence-electron chi connectivity index (χ4n) is 2.16. The summed E-state index contributed by atoms with van der Waals surface area (Å²) < 4.78 is 0. The topological polar surface area (TPSA) is 48.4 Å². The lowest BCUT2D eigenvalue weighted by Crippen LogP contribution is -2.22. The molecule has 17 heavy (non-hydrogen) atoms. The summed E-state index contributed by atoms with van der Waals surface area (Å²) in [6.45, 7) is 8.14. The predicted octanol–water partition coefficient (Wildman–Crippen LogP) is 3.70. The van der Waals surface area contributed by atoms with Gasteiger partial charge in [0.25, 0.3) is 0 Å². The predicted molar refractivity (Wildman–Crippen MR) is 70.8 cm³/mol. The van der Waals surface area contributed by atoms with Crippen molar-refractivity contribution in [2.75, 3.05) is 0 Å². The summed E-state index contributed by atoms with van der Waals surface area (Å²) >= 11 is 0. The van der Waals surface area contributed by atoms with Crippen molar-refractivity contribution in [2.24, 2.45) is 10.6 Å². The lowest BCUT2D eigenvalue weighted by atomic mass is 9.84. The third kappa shape index (κ3) is 1.93. The summed E-state index contributed by atoms with van der Waals surface area (Å²) in [6, 6.07) is 8.07. The number of oxime groups is 1. The van der Waals surface area contributed by atoms with Crippen molar-refractivity contribution in [2.45, 2.75) is 27.7 Å². The molecule has 0 radical (unpaired) electrons. The zero-order chi connectivity index (χ0) is 12.6. The van der Waals surface area contributed by atoms with Crippen LogP contribution in [0.4, 0.5) is 0 Å². The van der Waals surface area contributed by atoms with Crippen molar-refractivity contribution < 1.29 is 5.21 Å². The van der Waals surface area contributed by atoms with Gasteiger partial charge >= 0.3 is 0 Å². The highest BCUT2D eigenvalue weighted by molar-refractivity contribution is 6.13. The Morgan fingerprint density at radius 3 is 2.47 bits per heavy atom. The number of nitrogens with zero attached hydrogens (tertiary/aromatic N) is 1. The Morgan fingerprint density at radius 1 is 1.24 bits per heavy atom. The van der Waals surface area contributed by atoms with Crippen LogP contribution in [0.15, 0.2) is 29.4 Å². The normalized spacial score (nSPS) is 13.3. The summed E-state index contributed by atoms with van der Waals surface area (Å²) in [4.78, 5) is 3.32. The van der Waals surface area contributed by atoms with Crippen molar-refractivity contribution in [3.05, 3.63) is 35.5 Å². The van der Waals surface area contributed by atoms with Gasteiger partial charge < -0.3 is 10.2 Å². The van der Waals surface area contributed by atoms with E-state index >= 15 is 0 Å². The number of aryl methyl sites for hydroxylation is 1. The molecule has 2 aromatic rings. The first-order valence-corrected chi connectivity index (χ1v) is 5.75. The van der Waals surface area contributed by atoms with Crippen molar-refractivity contribution in [3.63, 3.8) is 0 Å². The maximum absolute atomic E-state index is 9.29. The molecule has 2 rings (SSSR count). The highest BCUT2D eigenvalue weighted by atomic mass is 16.4. The maximum Gasteiger partial charge on any atom is 0.0945 e. The first-order chi connectivity index (χ1) is 7.95. The molecule has 0 amide bonds. The van der Waals surface area contributed by atoms with E-state index in [1.807, 2.05) is 52.0 Å². The summed E-state index contributed by atoms with van der Waals surface area (Å²) in [5.41, 5.74) is 3.65. The van der Waals surface area contributed by atoms with Crippen LogP contribution in [0, 0.1) is 12.3 Å². The molecular weight excluding hydrogens is 212 g/mol. The summed E-state index contributed by atoms with van der Waals surface area (Å²) in [6.07, 6.45) is 0. The van der Waals surface area contributed by atoms with Crippen LogP contribution in [0.3, 0.4) is 0 Å². The van der Waals surface area contributed by atoms with Gasteiger partial charge in [-0.25, -0.2) is 0 Å². The SMILES string of the molecule is Cc1[nH]c2ccccc2c1C(=NO)C(C)(C)C. The second-order valence-electron chi connectivity index (χ2n) is 5.37. The van der Waals surface area contributed by atoms with E-state index in [0.29, 0.717) is 5.71 Å². The van der Waals surface area contributed by atoms with Crippen LogP contribution in [0.1, 0.15) is 32.0 Å². The standard InChI is InChI=1S/C14H18N2O/c1-9-12(13(16-17)14(2,3)4)10-7-5-6-8-11(10)15-9/h5-8,15,17H,1-4H3. The van der Waals surface area contributed by atoms with Crippen LogP contribution in [0.25, 0.3) is 10.9 Å². The van der Waals surface area contributed by atoms with Crippen LogP contribution >= 0.6 is 0 Å². The van der Waals surface area contributed by atoms with Gasteiger partial charge in [-0.3, -0.25) is 0 Å². The molecule has 2 N–H and O–H groups in total. The minimum Gasteiger partial charge on any atom is -0.411 e. The number of aromatic nitrogens is 1. The van der Waals surface area contributed by atoms with Crippen LogP contribution < -0.4 is 0 Å². The molecule has 1 aromatic heterocycles. The Labute approximate surface area is 101 Å². The Kier molecular flexibility index (Phi) is 2.69. The van der Waals surface area contributed by atoms with E-state index in [1.54, 1.807) is 0 Å². The summed E-state index contributed by atoms with van der Waals surface area (Å²) in [5.74, 6) is 0. The van der Waals surface area contributed by atoms with Gasteiger partial charge in [0.1, 0.15) is 0 Å². The van der Waals surface area contributed by atoms with E-state index in [1.165, 1.54) is 0 Å². The molecule has 3 heteroatoms. The average molecular weight is 230 g/mol. The van der Waals surface area contributed by atoms with Crippen molar-refractivity contribution in [1.82, 2.24) is 4.98 Å². The van der Waals surface area contributed by atoms with Gasteiger partial charge in [-0.05, 0) is 13.0 Å². The third-order valence-corrected chi connectivity index (χ3v) is 2.94. The Hall–Kier alpha value is -1.77. The zero-order valence-corrected chi connectivity index (χ0v) is 10.7. The Balaban J connectivity index is 2.74. The van der Waals surface area contributed by atoms with Crippen molar-refractivity contribution in [3.8, 4) is 0 Å². The van der Waals surface area contributed by atoms with E-state index in [0.717, 1.165) is 22.2 Å². The van der Waals surface area contributed by atoms with E-state index in [2.05, 4.69) is 10.1 Å². The van der Waals surface area contributed by atoms with Gasteiger partial charge in [-0.1, -0.05) is 44.1 Å². The maximum atomic E-state index is 9.29. The minimum absolute atomic E-state index is 0.190. The molecular formula is C14H18N2O. The van der Waals surface area contributed by atoms with Gasteiger partial charge in [-0.15, -0.1) is 0 Å². The first-order valence-electron chi connectivity index (χ1n) is 5.75. The van der Waals surface area contributed by atoms with E-state index in [-0.39, 0.29) is 5.41 Å². The fourth-order valence-corrected chi connectivity index (χ4v) is 2.16. The van der Waals surface area contributed by atoms with Crippen LogP contribution in [0.2, 0.25) is 0 Å². The van der Waals surface area contributed by atoms with Crippen LogP contribution in [-0.4, -0.2) is 15.9 Å². The lowest BCUT2D eigenvalue weighted by molar-refractivity contribution is 0.311. The third-order valence-electron chi connectivity index (χ3n) is 2.94. The van der Waals surface area contributed by atoms with E-state index in [4.69, 9.17) is 0 Å². The van der Waals surface area contributed by atoms with Crippen LogP contribution in [0.5, 0.6) is 0 Å². The monoisotopic (exact) mass is 230 g/mol. The van der Waals surface area contributed by atoms with Crippen molar-refractivity contribution in [1.29, 1.82) is 0 Å². The molecule has 0 saturated carbocycles. The van der Waals surface area contributed by atoms with Crippen molar-refractivity contribution >= 4 is 16.6 Å². The highest BCUT2D eigenvalue weighted by Gasteiger charge is 2.25. The summed E-state index contributed by atoms with van der Waals surface area (Å²) in [7, 11) is 0. The smallest absolute Gasteiger partial charge is 0.0945 e. The summed E-state index contributed by atoms with van der Waals surface area (Å²) in [5, 5.41) is 13.9. The van der Waals surface area contributed by atoms with Gasteiger partial charge in [-0.2, -0.15) is 0 Å². The highest BCUT2D eigenvalue weighted by Crippen LogP contribution is 2.29. The molecule has 0 spiro atoms. The number of rotatable bonds is 1. The molecule has 0 saturated heterocycles. The Bertz CT molecular complexity index is 573. The van der Waals surface area contributed by atoms with Gasteiger partial charge in [0.2, 0.25) is 0 Å². The van der Waals surface area contributed by atoms with Gasteiger partial charge in [0.05, 0.1) is 5.71 Å². The molecule has 1 heterocycles. The number of fused-ring (bicyclic) bond motifs is 1. The zero-order valence-electron chi connectivity index (χ0n) is 10.7. The largest absolute Gasteiger partial charge is 0.411 e. The first kappa shape index (κ1) is 11.7. The number of aromatic amines is 1. The average Bonchev–Trinajstić information content (AvgIpc) is 2.55. The lowest BCUT2D eigenvalue weighted by Gasteiger charge is -2.20. The van der Waals surface area contributed by atoms with E-state index < -0.39 is 0 Å². The van der Waals surface area contributed by atoms with Gasteiger partial charge in [0.15, 0.2) is 0 Å². The minimum atomic E-state index is -0.190.